The van der Waals surface area contributed by atoms with Crippen LogP contribution in [-0.2, 0) is 6.18 Å². The van der Waals surface area contributed by atoms with Gasteiger partial charge < -0.3 is 15.7 Å². The summed E-state index contributed by atoms with van der Waals surface area (Å²) < 4.78 is 38.8. The number of hydrogen-bond acceptors (Lipinski definition) is 3. The lowest BCUT2D eigenvalue weighted by atomic mass is 10.0. The van der Waals surface area contributed by atoms with Crippen LogP contribution in [0.3, 0.4) is 0 Å². The Morgan fingerprint density at radius 1 is 1.30 bits per heavy atom. The van der Waals surface area contributed by atoms with Gasteiger partial charge in [0, 0.05) is 11.0 Å². The smallest absolute Gasteiger partial charge is 0.397 e. The van der Waals surface area contributed by atoms with Crippen molar-refractivity contribution in [1.29, 1.82) is 0 Å². The molecule has 1 rings (SSSR count). The molecular formula is C13H18BrF3N2O. The Morgan fingerprint density at radius 3 is 2.30 bits per heavy atom. The largest absolute Gasteiger partial charge is 0.418 e. The normalized spacial score (nSPS) is 13.8. The summed E-state index contributed by atoms with van der Waals surface area (Å²) in [4.78, 5) is 1.93. The monoisotopic (exact) mass is 354 g/mol. The first-order valence-electron chi connectivity index (χ1n) is 6.27. The summed E-state index contributed by atoms with van der Waals surface area (Å²) in [6.07, 6.45) is -5.54. The van der Waals surface area contributed by atoms with Crippen LogP contribution in [0.25, 0.3) is 0 Å². The standard InChI is InChI=1S/C13H18BrF3N2O/c1-3-19(4-2)7-11(20)8-5-9(13(15,16)17)12(18)10(14)6-8/h5-6,11,20H,3-4,7,18H2,1-2H3. The molecule has 0 bridgehead atoms. The number of alkyl halides is 3. The Morgan fingerprint density at radius 2 is 1.85 bits per heavy atom. The van der Waals surface area contributed by atoms with Crippen molar-refractivity contribution >= 4 is 21.6 Å². The zero-order valence-corrected chi connectivity index (χ0v) is 12.9. The van der Waals surface area contributed by atoms with Crippen LogP contribution < -0.4 is 5.73 Å². The number of aliphatic hydroxyl groups excluding tert-OH is 1. The Hall–Kier alpha value is -0.790. The van der Waals surface area contributed by atoms with E-state index < -0.39 is 17.8 Å². The first kappa shape index (κ1) is 17.3. The average Bonchev–Trinajstić information content (AvgIpc) is 2.37. The van der Waals surface area contributed by atoms with Crippen LogP contribution in [-0.4, -0.2) is 29.6 Å². The number of halogens is 4. The second-order valence-corrected chi connectivity index (χ2v) is 5.32. The summed E-state index contributed by atoms with van der Waals surface area (Å²) in [6.45, 7) is 5.57. The molecule has 0 saturated heterocycles. The van der Waals surface area contributed by atoms with Crippen molar-refractivity contribution in [3.05, 3.63) is 27.7 Å². The summed E-state index contributed by atoms with van der Waals surface area (Å²) in [6, 6.07) is 2.34. The van der Waals surface area contributed by atoms with Crippen LogP contribution in [0.5, 0.6) is 0 Å². The maximum Gasteiger partial charge on any atom is 0.418 e. The van der Waals surface area contributed by atoms with Gasteiger partial charge in [-0.25, -0.2) is 0 Å². The van der Waals surface area contributed by atoms with Gasteiger partial charge in [-0.2, -0.15) is 13.2 Å². The van der Waals surface area contributed by atoms with Crippen molar-refractivity contribution in [3.8, 4) is 0 Å². The molecule has 0 saturated carbocycles. The Balaban J connectivity index is 3.10. The van der Waals surface area contributed by atoms with E-state index >= 15 is 0 Å². The molecule has 0 aliphatic rings. The van der Waals surface area contributed by atoms with Gasteiger partial charge in [-0.3, -0.25) is 0 Å². The van der Waals surface area contributed by atoms with Gasteiger partial charge in [0.2, 0.25) is 0 Å². The van der Waals surface area contributed by atoms with Crippen LogP contribution in [0.4, 0.5) is 18.9 Å². The molecule has 7 heteroatoms. The van der Waals surface area contributed by atoms with E-state index in [4.69, 9.17) is 5.73 Å². The minimum absolute atomic E-state index is 0.140. The van der Waals surface area contributed by atoms with Crippen molar-refractivity contribution in [2.24, 2.45) is 0 Å². The molecular weight excluding hydrogens is 337 g/mol. The Bertz CT molecular complexity index is 462. The maximum absolute atomic E-state index is 12.9. The van der Waals surface area contributed by atoms with Crippen molar-refractivity contribution < 1.29 is 18.3 Å². The lowest BCUT2D eigenvalue weighted by Crippen LogP contribution is -2.28. The molecule has 0 spiro atoms. The summed E-state index contributed by atoms with van der Waals surface area (Å²) in [5.41, 5.74) is 4.34. The van der Waals surface area contributed by atoms with Gasteiger partial charge >= 0.3 is 6.18 Å². The predicted molar refractivity (Wildman–Crippen MR) is 76.3 cm³/mol. The first-order chi connectivity index (χ1) is 9.20. The molecule has 1 aromatic carbocycles. The minimum atomic E-state index is -4.54. The second-order valence-electron chi connectivity index (χ2n) is 4.46. The summed E-state index contributed by atoms with van der Waals surface area (Å²) in [5.74, 6) is 0. The fourth-order valence-corrected chi connectivity index (χ4v) is 2.38. The van der Waals surface area contributed by atoms with Crippen LogP contribution in [0.2, 0.25) is 0 Å². The molecule has 1 aromatic rings. The van der Waals surface area contributed by atoms with Gasteiger partial charge in [0.05, 0.1) is 17.4 Å². The molecule has 1 unspecified atom stereocenters. The Kier molecular flexibility index (Phi) is 5.85. The number of nitrogens with two attached hydrogens (primary N) is 1. The van der Waals surface area contributed by atoms with E-state index in [1.165, 1.54) is 6.07 Å². The van der Waals surface area contributed by atoms with E-state index in [1.807, 2.05) is 18.7 Å². The highest BCUT2D eigenvalue weighted by Crippen LogP contribution is 2.39. The van der Waals surface area contributed by atoms with Gasteiger partial charge in [0.25, 0.3) is 0 Å². The van der Waals surface area contributed by atoms with E-state index in [0.717, 1.165) is 19.2 Å². The maximum atomic E-state index is 12.9. The number of rotatable bonds is 5. The quantitative estimate of drug-likeness (QED) is 0.796. The van der Waals surface area contributed by atoms with Crippen LogP contribution in [0, 0.1) is 0 Å². The number of nitrogen functional groups attached to an aromatic ring is 1. The van der Waals surface area contributed by atoms with Crippen molar-refractivity contribution in [2.75, 3.05) is 25.4 Å². The third kappa shape index (κ3) is 4.10. The zero-order chi connectivity index (χ0) is 15.5. The SMILES string of the molecule is CCN(CC)CC(O)c1cc(Br)c(N)c(C(F)(F)F)c1. The highest BCUT2D eigenvalue weighted by Gasteiger charge is 2.34. The van der Waals surface area contributed by atoms with Gasteiger partial charge in [0.15, 0.2) is 0 Å². The molecule has 0 aliphatic heterocycles. The summed E-state index contributed by atoms with van der Waals surface area (Å²) >= 11 is 3.01. The van der Waals surface area contributed by atoms with E-state index in [0.29, 0.717) is 0 Å². The van der Waals surface area contributed by atoms with E-state index in [1.54, 1.807) is 0 Å². The van der Waals surface area contributed by atoms with Crippen molar-refractivity contribution in [3.63, 3.8) is 0 Å². The lowest BCUT2D eigenvalue weighted by Gasteiger charge is -2.23. The molecule has 0 heterocycles. The van der Waals surface area contributed by atoms with Crippen LogP contribution in [0.15, 0.2) is 16.6 Å². The molecule has 1 atom stereocenters. The number of nitrogens with zero attached hydrogens (tertiary/aromatic N) is 1. The van der Waals surface area contributed by atoms with E-state index in [9.17, 15) is 18.3 Å². The molecule has 20 heavy (non-hydrogen) atoms. The fourth-order valence-electron chi connectivity index (χ4n) is 1.90. The number of likely N-dealkylation sites (N-methyl/N-ethyl adjacent to an activating group) is 1. The Labute approximate surface area is 124 Å². The van der Waals surface area contributed by atoms with Crippen LogP contribution >= 0.6 is 15.9 Å². The summed E-state index contributed by atoms with van der Waals surface area (Å²) in [5, 5.41) is 10.1. The molecule has 0 fully saturated rings. The van der Waals surface area contributed by atoms with Crippen molar-refractivity contribution in [2.45, 2.75) is 26.1 Å². The number of anilines is 1. The molecule has 3 nitrogen and oxygen atoms in total. The first-order valence-corrected chi connectivity index (χ1v) is 7.06. The molecule has 0 amide bonds. The predicted octanol–water partition coefficient (Wildman–Crippen LogP) is 3.43. The second kappa shape index (κ2) is 6.78. The van der Waals surface area contributed by atoms with Crippen molar-refractivity contribution in [1.82, 2.24) is 4.90 Å². The third-order valence-electron chi connectivity index (χ3n) is 3.17. The minimum Gasteiger partial charge on any atom is -0.397 e. The average molecular weight is 355 g/mol. The van der Waals surface area contributed by atoms with Gasteiger partial charge in [-0.05, 0) is 46.7 Å². The third-order valence-corrected chi connectivity index (χ3v) is 3.82. The molecule has 3 N–H and O–H groups in total. The number of benzene rings is 1. The van der Waals surface area contributed by atoms with Gasteiger partial charge in [-0.15, -0.1) is 0 Å². The fraction of sp³-hybridized carbons (Fsp3) is 0.538. The van der Waals surface area contributed by atoms with E-state index in [2.05, 4.69) is 15.9 Å². The molecule has 0 aromatic heterocycles. The zero-order valence-electron chi connectivity index (χ0n) is 11.3. The lowest BCUT2D eigenvalue weighted by molar-refractivity contribution is -0.137. The highest BCUT2D eigenvalue weighted by atomic mass is 79.9. The summed E-state index contributed by atoms with van der Waals surface area (Å²) in [7, 11) is 0. The number of hydrogen-bond donors (Lipinski definition) is 2. The molecule has 0 radical (unpaired) electrons. The van der Waals surface area contributed by atoms with Crippen LogP contribution in [0.1, 0.15) is 31.1 Å². The van der Waals surface area contributed by atoms with Gasteiger partial charge in [0.1, 0.15) is 0 Å². The molecule has 114 valence electrons. The highest BCUT2D eigenvalue weighted by molar-refractivity contribution is 9.10. The molecule has 0 aliphatic carbocycles. The van der Waals surface area contributed by atoms with E-state index in [-0.39, 0.29) is 22.3 Å². The van der Waals surface area contributed by atoms with Gasteiger partial charge in [-0.1, -0.05) is 13.8 Å². The number of aliphatic hydroxyl groups is 1. The topological polar surface area (TPSA) is 49.5 Å².